The summed E-state index contributed by atoms with van der Waals surface area (Å²) in [6, 6.07) is 7.91. The van der Waals surface area contributed by atoms with Crippen molar-refractivity contribution in [1.82, 2.24) is 10.2 Å². The molecule has 0 bridgehead atoms. The molecule has 0 saturated carbocycles. The normalized spacial score (nSPS) is 10.0. The molecule has 70 valence electrons. The summed E-state index contributed by atoms with van der Waals surface area (Å²) in [5, 5.41) is 12.3. The molecule has 2 aromatic rings. The number of fused-ring (bicyclic) bond motifs is 1. The Morgan fingerprint density at radius 2 is 2.21 bits per heavy atom. The zero-order valence-corrected chi connectivity index (χ0v) is 7.77. The van der Waals surface area contributed by atoms with Crippen LogP contribution < -0.4 is 5.32 Å². The number of hydrogen-bond acceptors (Lipinski definition) is 3. The lowest BCUT2D eigenvalue weighted by Crippen LogP contribution is -1.99. The minimum atomic E-state index is 0.732. The van der Waals surface area contributed by atoms with Gasteiger partial charge in [0.2, 0.25) is 0 Å². The molecule has 1 N–H and O–H groups in total. The van der Waals surface area contributed by atoms with Gasteiger partial charge in [0.25, 0.3) is 0 Å². The topological polar surface area (TPSA) is 37.8 Å². The predicted molar refractivity (Wildman–Crippen MR) is 58.2 cm³/mol. The van der Waals surface area contributed by atoms with Gasteiger partial charge in [0.1, 0.15) is 0 Å². The molecule has 3 heteroatoms. The highest BCUT2D eigenvalue weighted by molar-refractivity contribution is 5.90. The Bertz CT molecular complexity index is 446. The minimum Gasteiger partial charge on any atom is -0.380 e. The molecule has 0 spiro atoms. The first-order chi connectivity index (χ1) is 6.92. The van der Waals surface area contributed by atoms with E-state index in [4.69, 9.17) is 0 Å². The molecule has 14 heavy (non-hydrogen) atoms. The Balaban J connectivity index is 2.48. The highest BCUT2D eigenvalue weighted by Crippen LogP contribution is 2.19. The van der Waals surface area contributed by atoms with Crippen LogP contribution in [0.2, 0.25) is 0 Å². The number of anilines is 1. The SMILES string of the molecule is C=CCNc1cnnc2ccccc12. The average Bonchev–Trinajstić information content (AvgIpc) is 2.26. The third-order valence-electron chi connectivity index (χ3n) is 1.98. The summed E-state index contributed by atoms with van der Waals surface area (Å²) in [5.74, 6) is 0. The van der Waals surface area contributed by atoms with Crippen LogP contribution in [0.1, 0.15) is 0 Å². The van der Waals surface area contributed by atoms with Crippen LogP contribution in [-0.4, -0.2) is 16.7 Å². The van der Waals surface area contributed by atoms with Crippen molar-refractivity contribution < 1.29 is 0 Å². The molecule has 2 rings (SSSR count). The molecule has 0 fully saturated rings. The Morgan fingerprint density at radius 1 is 1.36 bits per heavy atom. The number of benzene rings is 1. The molecule has 1 aromatic carbocycles. The second kappa shape index (κ2) is 3.87. The highest BCUT2D eigenvalue weighted by atomic mass is 15.1. The molecule has 0 unspecified atom stereocenters. The fourth-order valence-corrected chi connectivity index (χ4v) is 1.33. The van der Waals surface area contributed by atoms with Crippen molar-refractivity contribution in [1.29, 1.82) is 0 Å². The van der Waals surface area contributed by atoms with E-state index in [0.717, 1.165) is 23.1 Å². The molecule has 0 atom stereocenters. The van der Waals surface area contributed by atoms with E-state index in [9.17, 15) is 0 Å². The van der Waals surface area contributed by atoms with Crippen molar-refractivity contribution in [3.63, 3.8) is 0 Å². The van der Waals surface area contributed by atoms with Gasteiger partial charge in [0, 0.05) is 11.9 Å². The second-order valence-electron chi connectivity index (χ2n) is 2.94. The van der Waals surface area contributed by atoms with Gasteiger partial charge in [-0.1, -0.05) is 24.3 Å². The van der Waals surface area contributed by atoms with Gasteiger partial charge in [0.15, 0.2) is 0 Å². The molecule has 0 amide bonds. The molecule has 1 heterocycles. The third-order valence-corrected chi connectivity index (χ3v) is 1.98. The lowest BCUT2D eigenvalue weighted by molar-refractivity contribution is 1.07. The Kier molecular flexibility index (Phi) is 2.40. The van der Waals surface area contributed by atoms with E-state index in [1.54, 1.807) is 6.20 Å². The van der Waals surface area contributed by atoms with Gasteiger partial charge >= 0.3 is 0 Å². The lowest BCUT2D eigenvalue weighted by atomic mass is 10.2. The van der Waals surface area contributed by atoms with Gasteiger partial charge in [-0.2, -0.15) is 10.2 Å². The van der Waals surface area contributed by atoms with Crippen LogP contribution in [0.3, 0.4) is 0 Å². The summed E-state index contributed by atoms with van der Waals surface area (Å²) in [4.78, 5) is 0. The molecule has 0 saturated heterocycles. The molecule has 0 aliphatic rings. The Morgan fingerprint density at radius 3 is 3.07 bits per heavy atom. The van der Waals surface area contributed by atoms with E-state index >= 15 is 0 Å². The number of hydrogen-bond donors (Lipinski definition) is 1. The summed E-state index contributed by atoms with van der Waals surface area (Å²) in [7, 11) is 0. The van der Waals surface area contributed by atoms with Crippen LogP contribution in [0.5, 0.6) is 0 Å². The van der Waals surface area contributed by atoms with Gasteiger partial charge in [-0.15, -0.1) is 6.58 Å². The van der Waals surface area contributed by atoms with Gasteiger partial charge in [-0.25, -0.2) is 0 Å². The van der Waals surface area contributed by atoms with Crippen molar-refractivity contribution in [2.45, 2.75) is 0 Å². The first-order valence-corrected chi connectivity index (χ1v) is 4.47. The van der Waals surface area contributed by atoms with Crippen molar-refractivity contribution in [2.75, 3.05) is 11.9 Å². The highest BCUT2D eigenvalue weighted by Gasteiger charge is 1.99. The summed E-state index contributed by atoms with van der Waals surface area (Å²) >= 11 is 0. The van der Waals surface area contributed by atoms with Crippen LogP contribution in [0, 0.1) is 0 Å². The molecule has 1 aromatic heterocycles. The Labute approximate surface area is 82.5 Å². The predicted octanol–water partition coefficient (Wildman–Crippen LogP) is 2.23. The van der Waals surface area contributed by atoms with Gasteiger partial charge in [-0.05, 0) is 6.07 Å². The number of aromatic nitrogens is 2. The Hall–Kier alpha value is -1.90. The van der Waals surface area contributed by atoms with Crippen LogP contribution in [0.4, 0.5) is 5.69 Å². The van der Waals surface area contributed by atoms with E-state index in [2.05, 4.69) is 22.1 Å². The molecule has 0 aliphatic carbocycles. The van der Waals surface area contributed by atoms with Crippen molar-refractivity contribution >= 4 is 16.6 Å². The number of nitrogens with one attached hydrogen (secondary N) is 1. The maximum absolute atomic E-state index is 4.03. The van der Waals surface area contributed by atoms with Crippen molar-refractivity contribution in [3.8, 4) is 0 Å². The standard InChI is InChI=1S/C11H11N3/c1-2-7-12-11-8-13-14-10-6-4-3-5-9(10)11/h2-6,8H,1,7H2,(H,12,14). The minimum absolute atomic E-state index is 0.732. The summed E-state index contributed by atoms with van der Waals surface area (Å²) in [6.07, 6.45) is 3.54. The average molecular weight is 185 g/mol. The van der Waals surface area contributed by atoms with E-state index in [0.29, 0.717) is 0 Å². The maximum atomic E-state index is 4.03. The lowest BCUT2D eigenvalue weighted by Gasteiger charge is -2.05. The summed E-state index contributed by atoms with van der Waals surface area (Å²) in [6.45, 7) is 4.39. The fraction of sp³-hybridized carbons (Fsp3) is 0.0909. The maximum Gasteiger partial charge on any atom is 0.0950 e. The first kappa shape index (κ1) is 8.69. The smallest absolute Gasteiger partial charge is 0.0950 e. The third kappa shape index (κ3) is 1.57. The fourth-order valence-electron chi connectivity index (χ4n) is 1.33. The molecule has 0 radical (unpaired) electrons. The first-order valence-electron chi connectivity index (χ1n) is 4.47. The van der Waals surface area contributed by atoms with Gasteiger partial charge in [-0.3, -0.25) is 0 Å². The summed E-state index contributed by atoms with van der Waals surface area (Å²) in [5.41, 5.74) is 1.90. The van der Waals surface area contributed by atoms with Crippen molar-refractivity contribution in [2.24, 2.45) is 0 Å². The molecular formula is C11H11N3. The van der Waals surface area contributed by atoms with Crippen LogP contribution >= 0.6 is 0 Å². The largest absolute Gasteiger partial charge is 0.380 e. The van der Waals surface area contributed by atoms with Gasteiger partial charge < -0.3 is 5.32 Å². The van der Waals surface area contributed by atoms with E-state index < -0.39 is 0 Å². The van der Waals surface area contributed by atoms with E-state index in [1.165, 1.54) is 0 Å². The molecule has 0 aliphatic heterocycles. The van der Waals surface area contributed by atoms with E-state index in [-0.39, 0.29) is 0 Å². The van der Waals surface area contributed by atoms with Crippen LogP contribution in [-0.2, 0) is 0 Å². The number of nitrogens with zero attached hydrogens (tertiary/aromatic N) is 2. The quantitative estimate of drug-likeness (QED) is 0.745. The zero-order chi connectivity index (χ0) is 9.80. The van der Waals surface area contributed by atoms with Crippen molar-refractivity contribution in [3.05, 3.63) is 43.1 Å². The molecule has 3 nitrogen and oxygen atoms in total. The second-order valence-corrected chi connectivity index (χ2v) is 2.94. The van der Waals surface area contributed by atoms with Crippen LogP contribution in [0.25, 0.3) is 10.9 Å². The zero-order valence-electron chi connectivity index (χ0n) is 7.77. The van der Waals surface area contributed by atoms with E-state index in [1.807, 2.05) is 30.3 Å². The number of rotatable bonds is 3. The molecular weight excluding hydrogens is 174 g/mol. The van der Waals surface area contributed by atoms with Gasteiger partial charge in [0.05, 0.1) is 17.4 Å². The van der Waals surface area contributed by atoms with Crippen LogP contribution in [0.15, 0.2) is 43.1 Å². The monoisotopic (exact) mass is 185 g/mol. The summed E-state index contributed by atoms with van der Waals surface area (Å²) < 4.78 is 0.